The Kier molecular flexibility index (Phi) is 9.94. The van der Waals surface area contributed by atoms with Crippen LogP contribution >= 0.6 is 11.6 Å². The van der Waals surface area contributed by atoms with Gasteiger partial charge in [-0.2, -0.15) is 0 Å². The van der Waals surface area contributed by atoms with E-state index >= 15 is 0 Å². The van der Waals surface area contributed by atoms with Crippen LogP contribution in [0.1, 0.15) is 37.0 Å². The molecule has 202 valence electrons. The Morgan fingerprint density at radius 1 is 0.895 bits per heavy atom. The number of halogens is 1. The van der Waals surface area contributed by atoms with Gasteiger partial charge in [-0.05, 0) is 74.2 Å². The maximum atomic E-state index is 14.0. The Bertz CT molecular complexity index is 1380. The summed E-state index contributed by atoms with van der Waals surface area (Å²) < 4.78 is 28.9. The lowest BCUT2D eigenvalue weighted by atomic mass is 10.1. The topological polar surface area (TPSA) is 86.8 Å². The van der Waals surface area contributed by atoms with Crippen molar-refractivity contribution in [1.29, 1.82) is 0 Å². The molecule has 0 aliphatic heterocycles. The first-order valence-electron chi connectivity index (χ1n) is 12.6. The first kappa shape index (κ1) is 29.2. The predicted molar refractivity (Wildman–Crippen MR) is 152 cm³/mol. The van der Waals surface area contributed by atoms with E-state index in [1.165, 1.54) is 29.2 Å². The van der Waals surface area contributed by atoms with Gasteiger partial charge >= 0.3 is 0 Å². The van der Waals surface area contributed by atoms with Gasteiger partial charge in [0.2, 0.25) is 11.8 Å². The number of para-hydroxylation sites is 1. The number of likely N-dealkylation sites (N-methyl/N-ethyl adjacent to an activating group) is 1. The number of anilines is 1. The van der Waals surface area contributed by atoms with E-state index in [2.05, 4.69) is 5.32 Å². The highest BCUT2D eigenvalue weighted by Gasteiger charge is 2.34. The summed E-state index contributed by atoms with van der Waals surface area (Å²) in [5.41, 5.74) is 2.93. The Hall–Kier alpha value is -3.36. The lowest BCUT2D eigenvalue weighted by Gasteiger charge is -2.33. The van der Waals surface area contributed by atoms with Crippen molar-refractivity contribution in [1.82, 2.24) is 10.2 Å². The van der Waals surface area contributed by atoms with Gasteiger partial charge in [0.1, 0.15) is 12.6 Å². The highest BCUT2D eigenvalue weighted by molar-refractivity contribution is 7.92. The van der Waals surface area contributed by atoms with Crippen LogP contribution in [0, 0.1) is 13.8 Å². The average Bonchev–Trinajstić information content (AvgIpc) is 2.89. The molecule has 2 amide bonds. The van der Waals surface area contributed by atoms with Gasteiger partial charge in [-0.15, -0.1) is 0 Å². The van der Waals surface area contributed by atoms with Crippen molar-refractivity contribution in [2.45, 2.75) is 51.6 Å². The number of hydrogen-bond donors (Lipinski definition) is 1. The number of amides is 2. The van der Waals surface area contributed by atoms with E-state index in [1.54, 1.807) is 31.2 Å². The monoisotopic (exact) mass is 555 g/mol. The van der Waals surface area contributed by atoms with Crippen molar-refractivity contribution in [3.05, 3.63) is 94.5 Å². The summed E-state index contributed by atoms with van der Waals surface area (Å²) >= 11 is 6.00. The highest BCUT2D eigenvalue weighted by atomic mass is 35.5. The smallest absolute Gasteiger partial charge is 0.264 e. The number of hydrogen-bond acceptors (Lipinski definition) is 4. The summed E-state index contributed by atoms with van der Waals surface area (Å²) in [4.78, 5) is 28.5. The highest BCUT2D eigenvalue weighted by Crippen LogP contribution is 2.28. The van der Waals surface area contributed by atoms with E-state index in [4.69, 9.17) is 11.6 Å². The van der Waals surface area contributed by atoms with Crippen LogP contribution in [0.5, 0.6) is 0 Å². The van der Waals surface area contributed by atoms with Crippen LogP contribution in [0.2, 0.25) is 5.02 Å². The molecular formula is C29H34ClN3O4S. The maximum Gasteiger partial charge on any atom is 0.264 e. The van der Waals surface area contributed by atoms with Gasteiger partial charge in [0.25, 0.3) is 10.0 Å². The predicted octanol–water partition coefficient (Wildman–Crippen LogP) is 5.10. The molecule has 3 aromatic rings. The molecule has 0 aliphatic rings. The third-order valence-electron chi connectivity index (χ3n) is 6.40. The van der Waals surface area contributed by atoms with Crippen LogP contribution in [-0.2, 0) is 26.2 Å². The van der Waals surface area contributed by atoms with E-state index in [0.29, 0.717) is 29.2 Å². The molecule has 0 bridgehead atoms. The fourth-order valence-corrected chi connectivity index (χ4v) is 5.88. The summed E-state index contributed by atoms with van der Waals surface area (Å²) in [5, 5.41) is 3.21. The zero-order valence-electron chi connectivity index (χ0n) is 22.1. The average molecular weight is 556 g/mol. The molecule has 3 aromatic carbocycles. The van der Waals surface area contributed by atoms with Crippen LogP contribution in [0.15, 0.2) is 77.7 Å². The van der Waals surface area contributed by atoms with Crippen molar-refractivity contribution in [3.8, 4) is 0 Å². The van der Waals surface area contributed by atoms with Gasteiger partial charge in [0.15, 0.2) is 0 Å². The minimum absolute atomic E-state index is 0.0131. The fraction of sp³-hybridized carbons (Fsp3) is 0.310. The molecule has 0 saturated heterocycles. The quantitative estimate of drug-likeness (QED) is 0.357. The van der Waals surface area contributed by atoms with Gasteiger partial charge in [-0.1, -0.05) is 61.0 Å². The van der Waals surface area contributed by atoms with Gasteiger partial charge < -0.3 is 10.2 Å². The molecule has 0 saturated carbocycles. The molecule has 1 N–H and O–H groups in total. The molecule has 1 atom stereocenters. The SMILES string of the molecule is CCNC(=O)[C@@H](CC)N(Cc1ccccc1C)C(=O)CN(c1ccccc1C)S(=O)(=O)c1ccc(Cl)cc1. The van der Waals surface area contributed by atoms with E-state index in [9.17, 15) is 18.0 Å². The van der Waals surface area contributed by atoms with Gasteiger partial charge in [-0.3, -0.25) is 13.9 Å². The van der Waals surface area contributed by atoms with Crippen LogP contribution in [0.25, 0.3) is 0 Å². The normalized spacial score (nSPS) is 12.0. The largest absolute Gasteiger partial charge is 0.355 e. The molecule has 38 heavy (non-hydrogen) atoms. The van der Waals surface area contributed by atoms with E-state index in [0.717, 1.165) is 15.4 Å². The Labute approximate surface area is 230 Å². The number of carbonyl (C=O) groups is 2. The molecule has 0 radical (unpaired) electrons. The Morgan fingerprint density at radius 2 is 1.50 bits per heavy atom. The first-order chi connectivity index (χ1) is 18.1. The lowest BCUT2D eigenvalue weighted by Crippen LogP contribution is -2.52. The van der Waals surface area contributed by atoms with Gasteiger partial charge in [0, 0.05) is 18.1 Å². The summed E-state index contributed by atoms with van der Waals surface area (Å²) in [5.74, 6) is -0.757. The Balaban J connectivity index is 2.08. The van der Waals surface area contributed by atoms with Crippen LogP contribution in [0.4, 0.5) is 5.69 Å². The van der Waals surface area contributed by atoms with Gasteiger partial charge in [0.05, 0.1) is 10.6 Å². The number of rotatable bonds is 11. The molecule has 3 rings (SSSR count). The molecule has 0 spiro atoms. The number of carbonyl (C=O) groups excluding carboxylic acids is 2. The summed E-state index contributed by atoms with van der Waals surface area (Å²) in [6.45, 7) is 7.50. The summed E-state index contributed by atoms with van der Waals surface area (Å²) in [7, 11) is -4.14. The number of nitrogens with zero attached hydrogens (tertiary/aromatic N) is 2. The molecule has 0 aromatic heterocycles. The Morgan fingerprint density at radius 3 is 2.08 bits per heavy atom. The number of sulfonamides is 1. The summed E-state index contributed by atoms with van der Waals surface area (Å²) in [6, 6.07) is 19.7. The molecule has 0 heterocycles. The first-order valence-corrected chi connectivity index (χ1v) is 14.4. The molecule has 0 fully saturated rings. The van der Waals surface area contributed by atoms with Crippen LogP contribution in [0.3, 0.4) is 0 Å². The third-order valence-corrected chi connectivity index (χ3v) is 8.43. The van der Waals surface area contributed by atoms with E-state index < -0.39 is 28.5 Å². The standard InChI is InChI=1S/C29H34ClN3O4S/c1-5-26(29(35)31-6-2)32(19-23-13-9-7-11-21(23)3)28(34)20-33(27-14-10-8-12-22(27)4)38(36,37)25-17-15-24(30)16-18-25/h7-18,26H,5-6,19-20H2,1-4H3,(H,31,35)/t26-/m1/s1. The summed E-state index contributed by atoms with van der Waals surface area (Å²) in [6.07, 6.45) is 0.373. The second-order valence-electron chi connectivity index (χ2n) is 9.02. The fourth-order valence-electron chi connectivity index (χ4n) is 4.27. The number of aryl methyl sites for hydroxylation is 2. The van der Waals surface area contributed by atoms with Crippen molar-refractivity contribution in [3.63, 3.8) is 0 Å². The van der Waals surface area contributed by atoms with Crippen molar-refractivity contribution >= 4 is 39.1 Å². The van der Waals surface area contributed by atoms with Crippen LogP contribution in [-0.4, -0.2) is 44.3 Å². The number of nitrogens with one attached hydrogen (secondary N) is 1. The van der Waals surface area contributed by atoms with E-state index in [-0.39, 0.29) is 17.3 Å². The van der Waals surface area contributed by atoms with Crippen molar-refractivity contribution in [2.75, 3.05) is 17.4 Å². The molecular weight excluding hydrogens is 522 g/mol. The third kappa shape index (κ3) is 6.74. The lowest BCUT2D eigenvalue weighted by molar-refractivity contribution is -0.140. The molecule has 0 aliphatic carbocycles. The zero-order chi connectivity index (χ0) is 27.9. The maximum absolute atomic E-state index is 14.0. The van der Waals surface area contributed by atoms with Crippen LogP contribution < -0.4 is 9.62 Å². The van der Waals surface area contributed by atoms with Gasteiger partial charge in [-0.25, -0.2) is 8.42 Å². The minimum atomic E-state index is -4.14. The molecule has 9 heteroatoms. The van der Waals surface area contributed by atoms with Crippen molar-refractivity contribution < 1.29 is 18.0 Å². The minimum Gasteiger partial charge on any atom is -0.355 e. The zero-order valence-corrected chi connectivity index (χ0v) is 23.7. The second-order valence-corrected chi connectivity index (χ2v) is 11.3. The molecule has 0 unspecified atom stereocenters. The van der Waals surface area contributed by atoms with Crippen molar-refractivity contribution in [2.24, 2.45) is 0 Å². The molecule has 7 nitrogen and oxygen atoms in total. The second kappa shape index (κ2) is 12.9. The number of benzene rings is 3. The van der Waals surface area contributed by atoms with E-state index in [1.807, 2.05) is 45.0 Å².